The van der Waals surface area contributed by atoms with E-state index in [0.29, 0.717) is 5.91 Å². The molecule has 0 aromatic heterocycles. The minimum Gasteiger partial charge on any atom is -0.341 e. The van der Waals surface area contributed by atoms with Crippen LogP contribution in [0.1, 0.15) is 32.1 Å². The van der Waals surface area contributed by atoms with Crippen LogP contribution in [0.3, 0.4) is 0 Å². The van der Waals surface area contributed by atoms with Crippen LogP contribution in [0.15, 0.2) is 0 Å². The van der Waals surface area contributed by atoms with Gasteiger partial charge in [0.15, 0.2) is 0 Å². The Labute approximate surface area is 86.1 Å². The molecule has 2 fully saturated rings. The van der Waals surface area contributed by atoms with Gasteiger partial charge in [-0.25, -0.2) is 0 Å². The number of carbonyl (C=O) groups excluding carboxylic acids is 1. The molecule has 1 heterocycles. The van der Waals surface area contributed by atoms with Gasteiger partial charge in [0.05, 0.1) is 0 Å². The normalized spacial score (nSPS) is 25.2. The Morgan fingerprint density at radius 2 is 1.71 bits per heavy atom. The number of likely N-dealkylation sites (tertiary alicyclic amines) is 1. The van der Waals surface area contributed by atoms with Gasteiger partial charge >= 0.3 is 0 Å². The number of likely N-dealkylation sites (N-methyl/N-ethyl adjacent to an activating group) is 1. The molecule has 1 saturated carbocycles. The molecule has 1 aliphatic heterocycles. The Bertz CT molecular complexity index is 227. The van der Waals surface area contributed by atoms with Crippen LogP contribution in [0, 0.1) is 0 Å². The Morgan fingerprint density at radius 3 is 2.14 bits per heavy atom. The number of hydrogen-bond acceptors (Lipinski definition) is 2. The van der Waals surface area contributed by atoms with Gasteiger partial charge in [0.2, 0.25) is 5.91 Å². The fraction of sp³-hybridized carbons (Fsp3) is 0.909. The number of hydrogen-bond donors (Lipinski definition) is 0. The van der Waals surface area contributed by atoms with E-state index in [1.165, 1.54) is 19.3 Å². The van der Waals surface area contributed by atoms with Crippen LogP contribution in [0.25, 0.3) is 0 Å². The van der Waals surface area contributed by atoms with E-state index in [1.807, 2.05) is 14.1 Å². The molecule has 2 rings (SSSR count). The summed E-state index contributed by atoms with van der Waals surface area (Å²) in [5.41, 5.74) is -0.114. The maximum Gasteiger partial charge on any atom is 0.243 e. The number of rotatable bonds is 2. The highest BCUT2D eigenvalue weighted by molar-refractivity contribution is 5.89. The maximum absolute atomic E-state index is 12.2. The summed E-state index contributed by atoms with van der Waals surface area (Å²) in [4.78, 5) is 16.4. The highest BCUT2D eigenvalue weighted by atomic mass is 16.2. The highest BCUT2D eigenvalue weighted by Crippen LogP contribution is 2.42. The number of carbonyl (C=O) groups is 1. The summed E-state index contributed by atoms with van der Waals surface area (Å²) >= 11 is 0. The molecule has 0 aromatic rings. The van der Waals surface area contributed by atoms with E-state index in [2.05, 4.69) is 9.80 Å². The van der Waals surface area contributed by atoms with Gasteiger partial charge in [-0.05, 0) is 46.2 Å². The minimum absolute atomic E-state index is 0.114. The summed E-state index contributed by atoms with van der Waals surface area (Å²) in [5.74, 6) is 0.377. The van der Waals surface area contributed by atoms with E-state index in [1.54, 1.807) is 0 Å². The van der Waals surface area contributed by atoms with Crippen LogP contribution in [0.4, 0.5) is 0 Å². The van der Waals surface area contributed by atoms with E-state index in [-0.39, 0.29) is 5.54 Å². The van der Waals surface area contributed by atoms with Gasteiger partial charge in [0.1, 0.15) is 5.54 Å². The first-order valence-corrected chi connectivity index (χ1v) is 5.64. The van der Waals surface area contributed by atoms with Crippen molar-refractivity contribution >= 4 is 5.91 Å². The summed E-state index contributed by atoms with van der Waals surface area (Å²) in [6.07, 6.45) is 5.77. The van der Waals surface area contributed by atoms with Gasteiger partial charge in [-0.2, -0.15) is 0 Å². The number of amides is 1. The van der Waals surface area contributed by atoms with Crippen LogP contribution in [0.2, 0.25) is 0 Å². The van der Waals surface area contributed by atoms with Crippen molar-refractivity contribution in [2.45, 2.75) is 37.6 Å². The Balaban J connectivity index is 2.00. The highest BCUT2D eigenvalue weighted by Gasteiger charge is 2.53. The largest absolute Gasteiger partial charge is 0.341 e. The average Bonchev–Trinajstić information content (AvgIpc) is 2.99. The van der Waals surface area contributed by atoms with Gasteiger partial charge in [-0.1, -0.05) is 0 Å². The summed E-state index contributed by atoms with van der Waals surface area (Å²) in [5, 5.41) is 0. The van der Waals surface area contributed by atoms with Crippen molar-refractivity contribution in [1.29, 1.82) is 0 Å². The predicted octanol–water partition coefficient (Wildman–Crippen LogP) is 1.09. The summed E-state index contributed by atoms with van der Waals surface area (Å²) in [7, 11) is 4.05. The van der Waals surface area contributed by atoms with Crippen molar-refractivity contribution < 1.29 is 4.79 Å². The number of nitrogens with zero attached hydrogens (tertiary/aromatic N) is 2. The molecule has 80 valence electrons. The van der Waals surface area contributed by atoms with E-state index in [4.69, 9.17) is 0 Å². The van der Waals surface area contributed by atoms with Crippen molar-refractivity contribution in [3.05, 3.63) is 0 Å². The van der Waals surface area contributed by atoms with Crippen molar-refractivity contribution in [1.82, 2.24) is 9.80 Å². The summed E-state index contributed by atoms with van der Waals surface area (Å²) in [6, 6.07) is 0. The Kier molecular flexibility index (Phi) is 2.52. The number of piperidine rings is 1. The maximum atomic E-state index is 12.2. The van der Waals surface area contributed by atoms with Crippen LogP contribution >= 0.6 is 0 Å². The zero-order valence-electron chi connectivity index (χ0n) is 9.25. The third kappa shape index (κ3) is 1.54. The topological polar surface area (TPSA) is 23.6 Å². The smallest absolute Gasteiger partial charge is 0.243 e. The summed E-state index contributed by atoms with van der Waals surface area (Å²) in [6.45, 7) is 1.96. The van der Waals surface area contributed by atoms with Crippen LogP contribution in [-0.2, 0) is 4.79 Å². The minimum atomic E-state index is -0.114. The molecule has 0 N–H and O–H groups in total. The van der Waals surface area contributed by atoms with Gasteiger partial charge in [-0.15, -0.1) is 0 Å². The first kappa shape index (κ1) is 9.97. The van der Waals surface area contributed by atoms with Crippen molar-refractivity contribution in [2.24, 2.45) is 0 Å². The molecule has 0 atom stereocenters. The van der Waals surface area contributed by atoms with Crippen molar-refractivity contribution in [2.75, 3.05) is 27.2 Å². The quantitative estimate of drug-likeness (QED) is 0.660. The second-order valence-corrected chi connectivity index (χ2v) is 4.78. The van der Waals surface area contributed by atoms with Gasteiger partial charge in [0, 0.05) is 13.1 Å². The first-order valence-electron chi connectivity index (χ1n) is 5.64. The molecule has 0 radical (unpaired) electrons. The van der Waals surface area contributed by atoms with Crippen LogP contribution < -0.4 is 0 Å². The zero-order valence-corrected chi connectivity index (χ0v) is 9.25. The molecule has 14 heavy (non-hydrogen) atoms. The molecule has 0 spiro atoms. The Morgan fingerprint density at radius 1 is 1.14 bits per heavy atom. The Hall–Kier alpha value is -0.570. The molecule has 0 bridgehead atoms. The molecule has 1 amide bonds. The van der Waals surface area contributed by atoms with E-state index in [9.17, 15) is 4.79 Å². The third-order valence-corrected chi connectivity index (χ3v) is 3.62. The van der Waals surface area contributed by atoms with Gasteiger partial charge < -0.3 is 4.90 Å². The summed E-state index contributed by atoms with van der Waals surface area (Å²) < 4.78 is 0. The fourth-order valence-electron chi connectivity index (χ4n) is 2.36. The average molecular weight is 196 g/mol. The lowest BCUT2D eigenvalue weighted by Gasteiger charge is -2.33. The van der Waals surface area contributed by atoms with Crippen LogP contribution in [0.5, 0.6) is 0 Å². The standard InChI is InChI=1S/C11H20N2O/c1-12(2)11(6-7-11)10(14)13-8-4-3-5-9-13/h3-9H2,1-2H3. The monoisotopic (exact) mass is 196 g/mol. The van der Waals surface area contributed by atoms with E-state index < -0.39 is 0 Å². The van der Waals surface area contributed by atoms with Gasteiger partial charge in [-0.3, -0.25) is 9.69 Å². The molecule has 2 aliphatic rings. The molecule has 0 unspecified atom stereocenters. The predicted molar refractivity (Wildman–Crippen MR) is 56.1 cm³/mol. The fourth-order valence-corrected chi connectivity index (χ4v) is 2.36. The lowest BCUT2D eigenvalue weighted by Crippen LogP contribution is -2.49. The second kappa shape index (κ2) is 3.54. The van der Waals surface area contributed by atoms with Gasteiger partial charge in [0.25, 0.3) is 0 Å². The van der Waals surface area contributed by atoms with Crippen molar-refractivity contribution in [3.63, 3.8) is 0 Å². The molecule has 1 saturated heterocycles. The molecule has 3 nitrogen and oxygen atoms in total. The second-order valence-electron chi connectivity index (χ2n) is 4.78. The van der Waals surface area contributed by atoms with Crippen molar-refractivity contribution in [3.8, 4) is 0 Å². The SMILES string of the molecule is CN(C)C1(C(=O)N2CCCCC2)CC1. The van der Waals surface area contributed by atoms with Crippen LogP contribution in [-0.4, -0.2) is 48.4 Å². The first-order chi connectivity index (χ1) is 6.67. The molecule has 3 heteroatoms. The zero-order chi connectivity index (χ0) is 10.2. The molecular formula is C11H20N2O. The molecular weight excluding hydrogens is 176 g/mol. The lowest BCUT2D eigenvalue weighted by atomic mass is 10.1. The molecule has 0 aromatic carbocycles. The third-order valence-electron chi connectivity index (χ3n) is 3.62. The van der Waals surface area contributed by atoms with E-state index in [0.717, 1.165) is 25.9 Å². The molecule has 1 aliphatic carbocycles. The van der Waals surface area contributed by atoms with E-state index >= 15 is 0 Å². The lowest BCUT2D eigenvalue weighted by molar-refractivity contribution is -0.138.